The highest BCUT2D eigenvalue weighted by atomic mass is 16.1. The summed E-state index contributed by atoms with van der Waals surface area (Å²) in [6.07, 6.45) is 0. The number of carbonyl (C=O) groups is 1. The van der Waals surface area contributed by atoms with Crippen LogP contribution in [0.4, 0.5) is 0 Å². The molecule has 4 aromatic rings. The molecule has 28 heavy (non-hydrogen) atoms. The van der Waals surface area contributed by atoms with E-state index in [-0.39, 0.29) is 11.9 Å². The van der Waals surface area contributed by atoms with Crippen molar-refractivity contribution in [2.75, 3.05) is 0 Å². The van der Waals surface area contributed by atoms with Gasteiger partial charge in [-0.15, -0.1) is 0 Å². The Labute approximate surface area is 164 Å². The molecule has 2 heterocycles. The molecule has 1 amide bonds. The first-order chi connectivity index (χ1) is 13.5. The maximum atomic E-state index is 13.1. The minimum absolute atomic E-state index is 0.0957. The molecule has 1 N–H and O–H groups in total. The Morgan fingerprint density at radius 1 is 1.00 bits per heavy atom. The van der Waals surface area contributed by atoms with Gasteiger partial charge in [0.15, 0.2) is 5.65 Å². The number of hydrogen-bond acceptors (Lipinski definition) is 3. The summed E-state index contributed by atoms with van der Waals surface area (Å²) in [6.45, 7) is 5.80. The lowest BCUT2D eigenvalue weighted by Gasteiger charge is -2.15. The summed E-state index contributed by atoms with van der Waals surface area (Å²) >= 11 is 0. The van der Waals surface area contributed by atoms with Crippen LogP contribution < -0.4 is 5.32 Å². The highest BCUT2D eigenvalue weighted by Gasteiger charge is 2.20. The van der Waals surface area contributed by atoms with Crippen molar-refractivity contribution < 1.29 is 4.79 Å². The zero-order valence-corrected chi connectivity index (χ0v) is 16.2. The van der Waals surface area contributed by atoms with Gasteiger partial charge in [0.05, 0.1) is 28.4 Å². The summed E-state index contributed by atoms with van der Waals surface area (Å²) < 4.78 is 1.80. The second-order valence-corrected chi connectivity index (χ2v) is 6.95. The smallest absolute Gasteiger partial charge is 0.252 e. The first kappa shape index (κ1) is 17.9. The molecule has 2 aromatic heterocycles. The van der Waals surface area contributed by atoms with Crippen molar-refractivity contribution in [3.05, 3.63) is 89.2 Å². The summed E-state index contributed by atoms with van der Waals surface area (Å²) in [4.78, 5) is 17.8. The molecule has 0 saturated heterocycles. The van der Waals surface area contributed by atoms with E-state index < -0.39 is 0 Å². The zero-order chi connectivity index (χ0) is 19.7. The molecule has 0 spiro atoms. The van der Waals surface area contributed by atoms with Crippen LogP contribution in [0.2, 0.25) is 0 Å². The number of aryl methyl sites for hydroxylation is 2. The fraction of sp³-hybridized carbons (Fsp3) is 0.174. The average molecular weight is 370 g/mol. The summed E-state index contributed by atoms with van der Waals surface area (Å²) in [5, 5.41) is 8.54. The van der Waals surface area contributed by atoms with Crippen molar-refractivity contribution in [1.29, 1.82) is 0 Å². The van der Waals surface area contributed by atoms with E-state index in [0.717, 1.165) is 28.0 Å². The number of aromatic nitrogens is 3. The van der Waals surface area contributed by atoms with E-state index in [0.29, 0.717) is 11.2 Å². The Kier molecular flexibility index (Phi) is 4.65. The third-order valence-corrected chi connectivity index (χ3v) is 4.83. The minimum atomic E-state index is -0.123. The van der Waals surface area contributed by atoms with Crippen molar-refractivity contribution in [2.24, 2.45) is 0 Å². The number of carbonyl (C=O) groups excluding carboxylic acids is 1. The molecule has 4 rings (SSSR count). The number of benzene rings is 2. The van der Waals surface area contributed by atoms with Crippen LogP contribution in [0, 0.1) is 13.8 Å². The molecule has 0 fully saturated rings. The van der Waals surface area contributed by atoms with E-state index in [2.05, 4.69) is 15.4 Å². The molecule has 0 aliphatic rings. The molecule has 0 saturated carbocycles. The molecule has 5 nitrogen and oxygen atoms in total. The van der Waals surface area contributed by atoms with Gasteiger partial charge in [-0.05, 0) is 44.5 Å². The van der Waals surface area contributed by atoms with E-state index in [1.165, 1.54) is 0 Å². The summed E-state index contributed by atoms with van der Waals surface area (Å²) in [6, 6.07) is 21.5. The van der Waals surface area contributed by atoms with Crippen LogP contribution >= 0.6 is 0 Å². The predicted octanol–water partition coefficient (Wildman–Crippen LogP) is 4.53. The van der Waals surface area contributed by atoms with Gasteiger partial charge in [-0.2, -0.15) is 5.10 Å². The van der Waals surface area contributed by atoms with Crippen molar-refractivity contribution >= 4 is 16.9 Å². The van der Waals surface area contributed by atoms with Gasteiger partial charge < -0.3 is 5.32 Å². The fourth-order valence-electron chi connectivity index (χ4n) is 3.44. The van der Waals surface area contributed by atoms with Crippen molar-refractivity contribution in [3.63, 3.8) is 0 Å². The van der Waals surface area contributed by atoms with E-state index in [9.17, 15) is 4.79 Å². The summed E-state index contributed by atoms with van der Waals surface area (Å²) in [5.74, 6) is -0.123. The molecule has 0 radical (unpaired) electrons. The second kappa shape index (κ2) is 7.27. The van der Waals surface area contributed by atoms with Crippen LogP contribution in [0.15, 0.2) is 66.7 Å². The lowest BCUT2D eigenvalue weighted by molar-refractivity contribution is 0.0941. The Balaban J connectivity index is 1.77. The van der Waals surface area contributed by atoms with Crippen LogP contribution in [0.5, 0.6) is 0 Å². The fourth-order valence-corrected chi connectivity index (χ4v) is 3.44. The van der Waals surface area contributed by atoms with Gasteiger partial charge in [-0.3, -0.25) is 4.79 Å². The number of hydrogen-bond donors (Lipinski definition) is 1. The topological polar surface area (TPSA) is 59.8 Å². The number of para-hydroxylation sites is 1. The number of nitrogens with zero attached hydrogens (tertiary/aromatic N) is 3. The zero-order valence-electron chi connectivity index (χ0n) is 16.2. The molecule has 5 heteroatoms. The van der Waals surface area contributed by atoms with Gasteiger partial charge in [0, 0.05) is 5.69 Å². The van der Waals surface area contributed by atoms with Crippen LogP contribution in [-0.2, 0) is 0 Å². The third kappa shape index (κ3) is 3.27. The number of rotatable bonds is 4. The SMILES string of the molecule is Cc1cc(C(=O)NC(C)c2ccccc2)c2c(C)nn(-c3ccccc3)c2n1. The molecule has 1 atom stereocenters. The molecule has 140 valence electrons. The third-order valence-electron chi connectivity index (χ3n) is 4.83. The largest absolute Gasteiger partial charge is 0.345 e. The number of nitrogens with one attached hydrogen (secondary N) is 1. The monoisotopic (exact) mass is 370 g/mol. The number of amides is 1. The lowest BCUT2D eigenvalue weighted by atomic mass is 10.1. The maximum Gasteiger partial charge on any atom is 0.252 e. The Hall–Kier alpha value is -3.47. The van der Waals surface area contributed by atoms with E-state index in [1.54, 1.807) is 4.68 Å². The van der Waals surface area contributed by atoms with Gasteiger partial charge in [0.1, 0.15) is 0 Å². The van der Waals surface area contributed by atoms with Crippen molar-refractivity contribution in [1.82, 2.24) is 20.1 Å². The van der Waals surface area contributed by atoms with Gasteiger partial charge in [0.2, 0.25) is 0 Å². The van der Waals surface area contributed by atoms with Gasteiger partial charge in [-0.1, -0.05) is 48.5 Å². The molecule has 2 aromatic carbocycles. The Morgan fingerprint density at radius 3 is 2.32 bits per heavy atom. The standard InChI is InChI=1S/C23H22N4O/c1-15-14-20(23(28)25-16(2)18-10-6-4-7-11-18)21-17(3)26-27(22(21)24-15)19-12-8-5-9-13-19/h4-14,16H,1-3H3,(H,25,28). The number of fused-ring (bicyclic) bond motifs is 1. The average Bonchev–Trinajstić information content (AvgIpc) is 3.05. The normalized spacial score (nSPS) is 12.1. The van der Waals surface area contributed by atoms with E-state index in [1.807, 2.05) is 87.5 Å². The summed E-state index contributed by atoms with van der Waals surface area (Å²) in [5.41, 5.74) is 4.84. The highest BCUT2D eigenvalue weighted by Crippen LogP contribution is 2.25. The molecule has 0 bridgehead atoms. The Bertz CT molecular complexity index is 1130. The summed E-state index contributed by atoms with van der Waals surface area (Å²) in [7, 11) is 0. The second-order valence-electron chi connectivity index (χ2n) is 6.95. The molecular weight excluding hydrogens is 348 g/mol. The van der Waals surface area contributed by atoms with Crippen LogP contribution in [0.25, 0.3) is 16.7 Å². The van der Waals surface area contributed by atoms with Crippen LogP contribution in [0.3, 0.4) is 0 Å². The first-order valence-electron chi connectivity index (χ1n) is 9.33. The predicted molar refractivity (Wildman–Crippen MR) is 111 cm³/mol. The van der Waals surface area contributed by atoms with Crippen LogP contribution in [-0.4, -0.2) is 20.7 Å². The van der Waals surface area contributed by atoms with E-state index >= 15 is 0 Å². The number of pyridine rings is 1. The van der Waals surface area contributed by atoms with Gasteiger partial charge in [-0.25, -0.2) is 9.67 Å². The minimum Gasteiger partial charge on any atom is -0.345 e. The van der Waals surface area contributed by atoms with Crippen LogP contribution in [0.1, 0.15) is 40.3 Å². The maximum absolute atomic E-state index is 13.1. The molecule has 1 unspecified atom stereocenters. The Morgan fingerprint density at radius 2 is 1.64 bits per heavy atom. The van der Waals surface area contributed by atoms with Gasteiger partial charge in [0.25, 0.3) is 5.91 Å². The molecule has 0 aliphatic carbocycles. The lowest BCUT2D eigenvalue weighted by Crippen LogP contribution is -2.27. The quantitative estimate of drug-likeness (QED) is 0.574. The molecule has 0 aliphatic heterocycles. The van der Waals surface area contributed by atoms with E-state index in [4.69, 9.17) is 0 Å². The van der Waals surface area contributed by atoms with Gasteiger partial charge >= 0.3 is 0 Å². The van der Waals surface area contributed by atoms with Crippen molar-refractivity contribution in [3.8, 4) is 5.69 Å². The molecular formula is C23H22N4O. The van der Waals surface area contributed by atoms with Crippen molar-refractivity contribution in [2.45, 2.75) is 26.8 Å². The first-order valence-corrected chi connectivity index (χ1v) is 9.33. The highest BCUT2D eigenvalue weighted by molar-refractivity contribution is 6.07.